The summed E-state index contributed by atoms with van der Waals surface area (Å²) in [6.45, 7) is 7.25. The molecule has 20 heavy (non-hydrogen) atoms. The SMILES string of the molecule is C=CN1CCCCC(/C=C(\C)C(=O)NCCCN)C1=O. The van der Waals surface area contributed by atoms with Crippen LogP contribution in [0.2, 0.25) is 0 Å². The van der Waals surface area contributed by atoms with Crippen molar-refractivity contribution in [2.45, 2.75) is 32.6 Å². The first-order chi connectivity index (χ1) is 9.60. The third-order valence-electron chi connectivity index (χ3n) is 3.46. The van der Waals surface area contributed by atoms with Gasteiger partial charge in [0.25, 0.3) is 0 Å². The largest absolute Gasteiger partial charge is 0.352 e. The highest BCUT2D eigenvalue weighted by atomic mass is 16.2. The summed E-state index contributed by atoms with van der Waals surface area (Å²) >= 11 is 0. The van der Waals surface area contributed by atoms with Gasteiger partial charge in [0, 0.05) is 18.7 Å². The number of likely N-dealkylation sites (tertiary alicyclic amines) is 1. The topological polar surface area (TPSA) is 75.4 Å². The van der Waals surface area contributed by atoms with Crippen molar-refractivity contribution < 1.29 is 9.59 Å². The smallest absolute Gasteiger partial charge is 0.246 e. The molecule has 1 rings (SSSR count). The summed E-state index contributed by atoms with van der Waals surface area (Å²) in [6, 6.07) is 0. The first kappa shape index (κ1) is 16.4. The molecule has 0 spiro atoms. The summed E-state index contributed by atoms with van der Waals surface area (Å²) in [5, 5.41) is 2.80. The lowest BCUT2D eigenvalue weighted by Crippen LogP contribution is -2.31. The fourth-order valence-corrected chi connectivity index (χ4v) is 2.25. The maximum atomic E-state index is 12.3. The zero-order valence-electron chi connectivity index (χ0n) is 12.2. The van der Waals surface area contributed by atoms with Crippen molar-refractivity contribution in [3.05, 3.63) is 24.4 Å². The molecular formula is C15H25N3O2. The van der Waals surface area contributed by atoms with Gasteiger partial charge in [0.15, 0.2) is 0 Å². The predicted octanol–water partition coefficient (Wildman–Crippen LogP) is 1.17. The van der Waals surface area contributed by atoms with E-state index in [0.29, 0.717) is 25.2 Å². The summed E-state index contributed by atoms with van der Waals surface area (Å²) in [5.74, 6) is -0.317. The highest BCUT2D eigenvalue weighted by Gasteiger charge is 2.24. The molecule has 5 heteroatoms. The van der Waals surface area contributed by atoms with Gasteiger partial charge in [-0.25, -0.2) is 0 Å². The van der Waals surface area contributed by atoms with Crippen LogP contribution in [0.4, 0.5) is 0 Å². The Morgan fingerprint density at radius 3 is 2.95 bits per heavy atom. The Morgan fingerprint density at radius 1 is 1.55 bits per heavy atom. The minimum atomic E-state index is -0.226. The number of nitrogens with zero attached hydrogens (tertiary/aromatic N) is 1. The van der Waals surface area contributed by atoms with Crippen molar-refractivity contribution >= 4 is 11.8 Å². The van der Waals surface area contributed by atoms with E-state index in [1.807, 2.05) is 0 Å². The molecule has 0 saturated carbocycles. The van der Waals surface area contributed by atoms with Crippen molar-refractivity contribution in [3.63, 3.8) is 0 Å². The van der Waals surface area contributed by atoms with E-state index >= 15 is 0 Å². The van der Waals surface area contributed by atoms with Gasteiger partial charge >= 0.3 is 0 Å². The molecule has 0 bridgehead atoms. The van der Waals surface area contributed by atoms with Crippen LogP contribution in [0.5, 0.6) is 0 Å². The van der Waals surface area contributed by atoms with Crippen LogP contribution in [0, 0.1) is 5.92 Å². The molecule has 1 saturated heterocycles. The van der Waals surface area contributed by atoms with E-state index in [-0.39, 0.29) is 17.7 Å². The van der Waals surface area contributed by atoms with E-state index in [2.05, 4.69) is 11.9 Å². The molecule has 1 aliphatic heterocycles. The minimum absolute atomic E-state index is 0.0339. The van der Waals surface area contributed by atoms with Crippen molar-refractivity contribution in [2.75, 3.05) is 19.6 Å². The minimum Gasteiger partial charge on any atom is -0.352 e. The molecule has 1 atom stereocenters. The lowest BCUT2D eigenvalue weighted by atomic mass is 9.99. The summed E-state index contributed by atoms with van der Waals surface area (Å²) in [7, 11) is 0. The van der Waals surface area contributed by atoms with Crippen LogP contribution in [0.1, 0.15) is 32.6 Å². The molecule has 5 nitrogen and oxygen atoms in total. The van der Waals surface area contributed by atoms with Gasteiger partial charge in [-0.05, 0) is 38.9 Å². The Hall–Kier alpha value is -1.62. The highest BCUT2D eigenvalue weighted by Crippen LogP contribution is 2.20. The average Bonchev–Trinajstić information content (AvgIpc) is 2.61. The molecular weight excluding hydrogens is 254 g/mol. The van der Waals surface area contributed by atoms with Crippen LogP contribution in [0.25, 0.3) is 0 Å². The zero-order valence-corrected chi connectivity index (χ0v) is 12.2. The Labute approximate surface area is 120 Å². The standard InChI is InChI=1S/C15H25N3O2/c1-3-18-10-5-4-7-13(15(18)20)11-12(2)14(19)17-9-6-8-16/h3,11,13H,1,4-10,16H2,2H3,(H,17,19)/b12-11+. The van der Waals surface area contributed by atoms with E-state index in [1.165, 1.54) is 0 Å². The van der Waals surface area contributed by atoms with E-state index in [9.17, 15) is 9.59 Å². The van der Waals surface area contributed by atoms with Crippen molar-refractivity contribution in [3.8, 4) is 0 Å². The lowest BCUT2D eigenvalue weighted by molar-refractivity contribution is -0.130. The molecule has 0 aromatic carbocycles. The molecule has 2 amide bonds. The van der Waals surface area contributed by atoms with Gasteiger partial charge in [-0.3, -0.25) is 9.59 Å². The second-order valence-electron chi connectivity index (χ2n) is 5.06. The van der Waals surface area contributed by atoms with Gasteiger partial charge in [0.05, 0.1) is 5.92 Å². The van der Waals surface area contributed by atoms with Crippen molar-refractivity contribution in [2.24, 2.45) is 11.7 Å². The van der Waals surface area contributed by atoms with Crippen LogP contribution in [0.15, 0.2) is 24.4 Å². The second-order valence-corrected chi connectivity index (χ2v) is 5.06. The highest BCUT2D eigenvalue weighted by molar-refractivity contribution is 5.94. The van der Waals surface area contributed by atoms with Crippen LogP contribution in [-0.2, 0) is 9.59 Å². The molecule has 112 valence electrons. The van der Waals surface area contributed by atoms with Crippen LogP contribution < -0.4 is 11.1 Å². The summed E-state index contributed by atoms with van der Waals surface area (Å²) in [6.07, 6.45) is 6.86. The molecule has 1 unspecified atom stereocenters. The fraction of sp³-hybridized carbons (Fsp3) is 0.600. The quantitative estimate of drug-likeness (QED) is 0.566. The first-order valence-corrected chi connectivity index (χ1v) is 7.20. The van der Waals surface area contributed by atoms with E-state index in [4.69, 9.17) is 5.73 Å². The third kappa shape index (κ3) is 4.81. The maximum Gasteiger partial charge on any atom is 0.246 e. The molecule has 1 aliphatic rings. The lowest BCUT2D eigenvalue weighted by Gasteiger charge is -2.18. The number of amides is 2. The van der Waals surface area contributed by atoms with Crippen LogP contribution in [-0.4, -0.2) is 36.3 Å². The number of nitrogens with one attached hydrogen (secondary N) is 1. The molecule has 1 heterocycles. The molecule has 3 N–H and O–H groups in total. The average molecular weight is 279 g/mol. The third-order valence-corrected chi connectivity index (χ3v) is 3.46. The maximum absolute atomic E-state index is 12.3. The van der Waals surface area contributed by atoms with Gasteiger partial charge in [-0.2, -0.15) is 0 Å². The predicted molar refractivity (Wildman–Crippen MR) is 79.7 cm³/mol. The van der Waals surface area contributed by atoms with Crippen LogP contribution >= 0.6 is 0 Å². The number of hydrogen-bond donors (Lipinski definition) is 2. The molecule has 0 aliphatic carbocycles. The molecule has 0 aromatic rings. The van der Waals surface area contributed by atoms with E-state index in [0.717, 1.165) is 25.7 Å². The molecule has 0 aromatic heterocycles. The summed E-state index contributed by atoms with van der Waals surface area (Å²) in [4.78, 5) is 25.8. The Balaban J connectivity index is 2.66. The second kappa shape index (κ2) is 8.53. The Kier molecular flexibility index (Phi) is 7.01. The van der Waals surface area contributed by atoms with Gasteiger partial charge < -0.3 is 16.0 Å². The summed E-state index contributed by atoms with van der Waals surface area (Å²) in [5.41, 5.74) is 5.97. The van der Waals surface area contributed by atoms with Gasteiger partial charge in [0.2, 0.25) is 11.8 Å². The molecule has 1 fully saturated rings. The molecule has 0 radical (unpaired) electrons. The number of hydrogen-bond acceptors (Lipinski definition) is 3. The van der Waals surface area contributed by atoms with Crippen molar-refractivity contribution in [1.82, 2.24) is 10.2 Å². The summed E-state index contributed by atoms with van der Waals surface area (Å²) < 4.78 is 0. The van der Waals surface area contributed by atoms with E-state index in [1.54, 1.807) is 24.1 Å². The first-order valence-electron chi connectivity index (χ1n) is 7.20. The zero-order chi connectivity index (χ0) is 15.0. The monoisotopic (exact) mass is 279 g/mol. The van der Waals surface area contributed by atoms with Gasteiger partial charge in [0.1, 0.15) is 0 Å². The normalized spacial score (nSPS) is 20.5. The number of nitrogens with two attached hydrogens (primary N) is 1. The van der Waals surface area contributed by atoms with Crippen molar-refractivity contribution in [1.29, 1.82) is 0 Å². The number of carbonyl (C=O) groups excluding carboxylic acids is 2. The fourth-order valence-electron chi connectivity index (χ4n) is 2.25. The Bertz CT molecular complexity index is 391. The van der Waals surface area contributed by atoms with E-state index < -0.39 is 0 Å². The van der Waals surface area contributed by atoms with Gasteiger partial charge in [-0.15, -0.1) is 0 Å². The number of carbonyl (C=O) groups is 2. The van der Waals surface area contributed by atoms with Gasteiger partial charge in [-0.1, -0.05) is 19.1 Å². The Morgan fingerprint density at radius 2 is 2.30 bits per heavy atom. The number of rotatable bonds is 6. The van der Waals surface area contributed by atoms with Crippen LogP contribution in [0.3, 0.4) is 0 Å².